The van der Waals surface area contributed by atoms with E-state index in [2.05, 4.69) is 38.4 Å². The minimum absolute atomic E-state index is 0.612. The predicted octanol–water partition coefficient (Wildman–Crippen LogP) is 2.65. The van der Waals surface area contributed by atoms with Gasteiger partial charge in [-0.05, 0) is 40.9 Å². The van der Waals surface area contributed by atoms with E-state index >= 15 is 0 Å². The third-order valence-corrected chi connectivity index (χ3v) is 2.84. The molecule has 0 amide bonds. The van der Waals surface area contributed by atoms with Gasteiger partial charge in [0.2, 0.25) is 0 Å². The molecule has 1 aliphatic carbocycles. The summed E-state index contributed by atoms with van der Waals surface area (Å²) in [5, 5.41) is 3.48. The molecule has 0 saturated carbocycles. The Labute approximate surface area is 92.6 Å². The van der Waals surface area contributed by atoms with Crippen LogP contribution in [0.4, 0.5) is 0 Å². The summed E-state index contributed by atoms with van der Waals surface area (Å²) >= 11 is 3.37. The van der Waals surface area contributed by atoms with Gasteiger partial charge in [-0.2, -0.15) is 0 Å². The van der Waals surface area contributed by atoms with E-state index in [0.717, 1.165) is 29.6 Å². The van der Waals surface area contributed by atoms with Crippen LogP contribution in [0.2, 0.25) is 0 Å². The van der Waals surface area contributed by atoms with Gasteiger partial charge in [-0.15, -0.1) is 0 Å². The van der Waals surface area contributed by atoms with Crippen molar-refractivity contribution in [1.82, 2.24) is 10.3 Å². The maximum atomic E-state index is 4.31. The highest BCUT2D eigenvalue weighted by molar-refractivity contribution is 9.10. The fraction of sp³-hybridized carbons (Fsp3) is 0.364. The van der Waals surface area contributed by atoms with Crippen LogP contribution in [0, 0.1) is 0 Å². The van der Waals surface area contributed by atoms with E-state index in [9.17, 15) is 0 Å². The van der Waals surface area contributed by atoms with Crippen molar-refractivity contribution in [3.63, 3.8) is 0 Å². The third-order valence-electron chi connectivity index (χ3n) is 2.37. The van der Waals surface area contributed by atoms with Crippen LogP contribution in [-0.4, -0.2) is 11.0 Å². The molecule has 0 unspecified atom stereocenters. The van der Waals surface area contributed by atoms with Gasteiger partial charge in [0.15, 0.2) is 0 Å². The summed E-state index contributed by atoms with van der Waals surface area (Å²) in [6.45, 7) is 0.861. The summed E-state index contributed by atoms with van der Waals surface area (Å²) in [5.74, 6) is 0. The first-order chi connectivity index (χ1) is 6.84. The zero-order chi connectivity index (χ0) is 9.80. The monoisotopic (exact) mass is 252 g/mol. The van der Waals surface area contributed by atoms with E-state index in [1.807, 2.05) is 18.3 Å². The predicted molar refractivity (Wildman–Crippen MR) is 60.9 cm³/mol. The van der Waals surface area contributed by atoms with Crippen LogP contribution in [-0.2, 0) is 6.54 Å². The molecule has 3 heteroatoms. The number of hydrogen-bond acceptors (Lipinski definition) is 2. The van der Waals surface area contributed by atoms with Crippen molar-refractivity contribution in [2.45, 2.75) is 25.4 Å². The molecule has 1 aromatic heterocycles. The smallest absolute Gasteiger partial charge is 0.0542 e. The van der Waals surface area contributed by atoms with Crippen LogP contribution < -0.4 is 5.32 Å². The summed E-state index contributed by atoms with van der Waals surface area (Å²) in [6.07, 6.45) is 8.59. The summed E-state index contributed by atoms with van der Waals surface area (Å²) < 4.78 is 1.03. The van der Waals surface area contributed by atoms with Crippen molar-refractivity contribution < 1.29 is 0 Å². The van der Waals surface area contributed by atoms with Crippen molar-refractivity contribution in [1.29, 1.82) is 0 Å². The molecule has 1 N–H and O–H groups in total. The Kier molecular flexibility index (Phi) is 3.32. The Bertz CT molecular complexity index is 311. The lowest BCUT2D eigenvalue weighted by atomic mass is 10.2. The quantitative estimate of drug-likeness (QED) is 0.837. The van der Waals surface area contributed by atoms with Gasteiger partial charge in [-0.25, -0.2) is 0 Å². The minimum atomic E-state index is 0.612. The fourth-order valence-electron chi connectivity index (χ4n) is 1.54. The van der Waals surface area contributed by atoms with Crippen LogP contribution in [0.15, 0.2) is 35.0 Å². The fourth-order valence-corrected chi connectivity index (χ4v) is 1.78. The molecule has 2 nitrogen and oxygen atoms in total. The first kappa shape index (κ1) is 9.87. The zero-order valence-corrected chi connectivity index (χ0v) is 9.50. The zero-order valence-electron chi connectivity index (χ0n) is 7.91. The Balaban J connectivity index is 1.82. The minimum Gasteiger partial charge on any atom is -0.308 e. The highest BCUT2D eigenvalue weighted by Crippen LogP contribution is 2.11. The van der Waals surface area contributed by atoms with Crippen molar-refractivity contribution in [2.24, 2.45) is 0 Å². The Morgan fingerprint density at radius 1 is 1.36 bits per heavy atom. The lowest BCUT2D eigenvalue weighted by Gasteiger charge is -2.10. The average molecular weight is 253 g/mol. The standard InChI is InChI=1S/C11H13BrN2/c12-9-5-6-11(13-7-9)8-14-10-3-1-2-4-10/h1-2,5-7,10,14H,3-4,8H2. The second-order valence-electron chi connectivity index (χ2n) is 3.49. The molecule has 0 aliphatic heterocycles. The summed E-state index contributed by atoms with van der Waals surface area (Å²) in [4.78, 5) is 4.31. The van der Waals surface area contributed by atoms with Gasteiger partial charge < -0.3 is 5.32 Å². The molecule has 2 rings (SSSR count). The molecular formula is C11H13BrN2. The Morgan fingerprint density at radius 2 is 2.14 bits per heavy atom. The van der Waals surface area contributed by atoms with Crippen LogP contribution in [0.5, 0.6) is 0 Å². The van der Waals surface area contributed by atoms with Gasteiger partial charge in [-0.1, -0.05) is 12.2 Å². The van der Waals surface area contributed by atoms with Crippen LogP contribution in [0.1, 0.15) is 18.5 Å². The molecular weight excluding hydrogens is 240 g/mol. The topological polar surface area (TPSA) is 24.9 Å². The first-order valence-corrected chi connectivity index (χ1v) is 5.63. The number of hydrogen-bond donors (Lipinski definition) is 1. The van der Waals surface area contributed by atoms with E-state index in [1.165, 1.54) is 0 Å². The second kappa shape index (κ2) is 4.71. The van der Waals surface area contributed by atoms with Gasteiger partial charge in [0.1, 0.15) is 0 Å². The SMILES string of the molecule is Brc1ccc(CNC2CC=CC2)nc1. The largest absolute Gasteiger partial charge is 0.308 e. The average Bonchev–Trinajstić information content (AvgIpc) is 2.70. The molecule has 1 aliphatic rings. The first-order valence-electron chi connectivity index (χ1n) is 4.83. The number of nitrogens with zero attached hydrogens (tertiary/aromatic N) is 1. The second-order valence-corrected chi connectivity index (χ2v) is 4.40. The summed E-state index contributed by atoms with van der Waals surface area (Å²) in [6, 6.07) is 4.68. The van der Waals surface area contributed by atoms with Crippen molar-refractivity contribution in [2.75, 3.05) is 0 Å². The molecule has 0 fully saturated rings. The van der Waals surface area contributed by atoms with Gasteiger partial charge in [-0.3, -0.25) is 4.98 Å². The third kappa shape index (κ3) is 2.66. The van der Waals surface area contributed by atoms with Crippen LogP contribution >= 0.6 is 15.9 Å². The Morgan fingerprint density at radius 3 is 2.79 bits per heavy atom. The molecule has 1 aromatic rings. The molecule has 0 atom stereocenters. The number of pyridine rings is 1. The number of nitrogens with one attached hydrogen (secondary N) is 1. The molecule has 14 heavy (non-hydrogen) atoms. The van der Waals surface area contributed by atoms with Gasteiger partial charge in [0, 0.05) is 23.3 Å². The maximum Gasteiger partial charge on any atom is 0.0542 e. The maximum absolute atomic E-state index is 4.31. The Hall–Kier alpha value is -0.670. The van der Waals surface area contributed by atoms with Crippen LogP contribution in [0.25, 0.3) is 0 Å². The lowest BCUT2D eigenvalue weighted by Crippen LogP contribution is -2.25. The van der Waals surface area contributed by atoms with Gasteiger partial charge >= 0.3 is 0 Å². The molecule has 0 radical (unpaired) electrons. The normalized spacial score (nSPS) is 16.4. The highest BCUT2D eigenvalue weighted by atomic mass is 79.9. The number of aromatic nitrogens is 1. The van der Waals surface area contributed by atoms with Gasteiger partial charge in [0.05, 0.1) is 5.69 Å². The highest BCUT2D eigenvalue weighted by Gasteiger charge is 2.08. The molecule has 0 spiro atoms. The van der Waals surface area contributed by atoms with Crippen molar-refractivity contribution in [3.8, 4) is 0 Å². The number of rotatable bonds is 3. The molecule has 74 valence electrons. The molecule has 0 bridgehead atoms. The van der Waals surface area contributed by atoms with Crippen LogP contribution in [0.3, 0.4) is 0 Å². The van der Waals surface area contributed by atoms with E-state index in [-0.39, 0.29) is 0 Å². The van der Waals surface area contributed by atoms with E-state index in [1.54, 1.807) is 0 Å². The summed E-state index contributed by atoms with van der Waals surface area (Å²) in [7, 11) is 0. The summed E-state index contributed by atoms with van der Waals surface area (Å²) in [5.41, 5.74) is 1.10. The molecule has 0 saturated heterocycles. The van der Waals surface area contributed by atoms with Gasteiger partial charge in [0.25, 0.3) is 0 Å². The molecule has 0 aromatic carbocycles. The van der Waals surface area contributed by atoms with Crippen molar-refractivity contribution >= 4 is 15.9 Å². The van der Waals surface area contributed by atoms with E-state index in [0.29, 0.717) is 6.04 Å². The van der Waals surface area contributed by atoms with E-state index < -0.39 is 0 Å². The lowest BCUT2D eigenvalue weighted by molar-refractivity contribution is 0.533. The number of halogens is 1. The van der Waals surface area contributed by atoms with Crippen molar-refractivity contribution in [3.05, 3.63) is 40.6 Å². The van der Waals surface area contributed by atoms with E-state index in [4.69, 9.17) is 0 Å². The molecule has 1 heterocycles.